The van der Waals surface area contributed by atoms with Crippen molar-refractivity contribution in [1.29, 1.82) is 0 Å². The zero-order valence-corrected chi connectivity index (χ0v) is 62.2. The van der Waals surface area contributed by atoms with Crippen molar-refractivity contribution in [2.45, 2.75) is 64.3 Å². The van der Waals surface area contributed by atoms with Crippen LogP contribution in [0.25, 0.3) is 54.5 Å². The molecule has 0 bridgehead atoms. The van der Waals surface area contributed by atoms with Crippen molar-refractivity contribution in [2.75, 3.05) is 110 Å². The maximum atomic E-state index is 13.2. The molecule has 6 N–H and O–H groups in total. The van der Waals surface area contributed by atoms with E-state index in [0.717, 1.165) is 22.7 Å². The first-order valence-electron chi connectivity index (χ1n) is 35.1. The third kappa shape index (κ3) is 18.5. The first-order valence-corrected chi connectivity index (χ1v) is 40.7. The van der Waals surface area contributed by atoms with Crippen LogP contribution < -0.4 is 0 Å². The zero-order valence-electron chi connectivity index (χ0n) is 59.8. The molecule has 10 heterocycles. The second kappa shape index (κ2) is 33.3. The number of aliphatic hydroxyl groups excluding tert-OH is 1. The molecule has 5 aliphatic heterocycles. The number of carbonyl (C=O) groups excluding carboxylic acids is 6. The zero-order chi connectivity index (χ0) is 76.8. The number of hydrogen-bond donors (Lipinski definition) is 6. The number of hydrogen-bond acceptors (Lipinski definition) is 13. The predicted molar refractivity (Wildman–Crippen MR) is 399 cm³/mol. The lowest BCUT2D eigenvalue weighted by Crippen LogP contribution is -2.50. The molecule has 5 aliphatic rings. The van der Waals surface area contributed by atoms with Crippen molar-refractivity contribution in [3.63, 3.8) is 0 Å². The second-order valence-electron chi connectivity index (χ2n) is 27.5. The lowest BCUT2D eigenvalue weighted by atomic mass is 9.86. The van der Waals surface area contributed by atoms with Crippen molar-refractivity contribution >= 4 is 120 Å². The Morgan fingerprint density at radius 1 is 0.402 bits per heavy atom. The number of sulfonamides is 3. The molecule has 0 radical (unpaired) electrons. The largest absolute Gasteiger partial charge is 0.395 e. The average Bonchev–Trinajstić information content (AvgIpc) is 1.74. The lowest BCUT2D eigenvalue weighted by Gasteiger charge is -2.36. The second-order valence-corrected chi connectivity index (χ2v) is 33.4. The molecule has 2 unspecified atom stereocenters. The highest BCUT2D eigenvalue weighted by molar-refractivity contribution is 7.88. The summed E-state index contributed by atoms with van der Waals surface area (Å²) in [5.41, 5.74) is 6.91. The van der Waals surface area contributed by atoms with Gasteiger partial charge >= 0.3 is 0 Å². The number of benzene rings is 5. The molecule has 5 fully saturated rings. The minimum Gasteiger partial charge on any atom is -0.395 e. The Morgan fingerprint density at radius 3 is 1.16 bits per heavy atom. The van der Waals surface area contributed by atoms with Crippen LogP contribution in [-0.4, -0.2) is 239 Å². The van der Waals surface area contributed by atoms with Gasteiger partial charge < -0.3 is 49.6 Å². The number of aromatic amines is 5. The number of piperidine rings is 3. The Kier molecular flexibility index (Phi) is 24.4. The summed E-state index contributed by atoms with van der Waals surface area (Å²) in [6.07, 6.45) is 15.9. The Bertz CT molecular complexity index is 5040. The maximum Gasteiger partial charge on any atom is 0.256 e. The fraction of sp³-hybridized carbons (Fsp3) is 0.387. The molecule has 0 saturated carbocycles. The molecular weight excluding hydrogens is 1450 g/mol. The van der Waals surface area contributed by atoms with Gasteiger partial charge in [0.05, 0.1) is 36.5 Å². The van der Waals surface area contributed by atoms with E-state index < -0.39 is 30.1 Å². The number of aromatic nitrogens is 5. The van der Waals surface area contributed by atoms with E-state index >= 15 is 0 Å². The number of nitrogens with one attached hydrogen (secondary N) is 5. The van der Waals surface area contributed by atoms with Gasteiger partial charge in [-0.2, -0.15) is 8.61 Å². The van der Waals surface area contributed by atoms with Gasteiger partial charge in [-0.15, -0.1) is 0 Å². The number of Topliss-reactive ketones (excluding diaryl/α,β-unsaturated/α-hetero) is 2. The van der Waals surface area contributed by atoms with Gasteiger partial charge in [-0.25, -0.2) is 47.1 Å². The van der Waals surface area contributed by atoms with E-state index in [4.69, 9.17) is 0 Å². The van der Waals surface area contributed by atoms with Crippen molar-refractivity contribution < 1.29 is 76.7 Å². The number of rotatable bonds is 11. The number of amides is 4. The number of carbonyl (C=O) groups is 6. The Morgan fingerprint density at radius 2 is 0.757 bits per heavy atom. The summed E-state index contributed by atoms with van der Waals surface area (Å²) in [7, 11) is -9.67. The summed E-state index contributed by atoms with van der Waals surface area (Å²) in [6, 6.07) is 25.0. The molecule has 0 aliphatic carbocycles. The number of likely N-dealkylation sites (tertiary alicyclic amines) is 1. The van der Waals surface area contributed by atoms with Crippen LogP contribution in [0.15, 0.2) is 128 Å². The number of ketones is 2. The average molecular weight is 1540 g/mol. The summed E-state index contributed by atoms with van der Waals surface area (Å²) in [5.74, 6) is -1.46. The van der Waals surface area contributed by atoms with Crippen LogP contribution in [0, 0.1) is 35.1 Å². The molecule has 32 heteroatoms. The predicted octanol–water partition coefficient (Wildman–Crippen LogP) is 9.21. The number of aliphatic hydroxyl groups is 1. The SMILES string of the molecule is CC(=O)N1CCC(C(=O)c2c[nH]c3cc(F)ccc23)CC1.CC(=O)N1CCN(C(=O)c2c[nH]c3cc(F)ccc23)CC1.CS(=O)(=O)N1CCC(C(=O)c2c[nH]c3cc(F)ccc23)CC1.CS(=O)(=O)N1CCC(c2c[nH]c3ccccc23)CC1CO.CS(=O)(=O)N1CCN(C(=O)c2c[nH]c3cc(F)ccc23)CC1. The molecule has 5 saturated heterocycles. The molecule has 0 spiro atoms. The summed E-state index contributed by atoms with van der Waals surface area (Å²) in [6.45, 7) is 8.84. The van der Waals surface area contributed by atoms with Crippen LogP contribution in [0.4, 0.5) is 17.6 Å². The molecule has 5 aromatic carbocycles. The van der Waals surface area contributed by atoms with E-state index in [1.807, 2.05) is 24.4 Å². The van der Waals surface area contributed by atoms with Crippen molar-refractivity contribution in [2.24, 2.45) is 11.8 Å². The highest BCUT2D eigenvalue weighted by atomic mass is 32.2. The topological polar surface area (TPSA) is 327 Å². The summed E-state index contributed by atoms with van der Waals surface area (Å²) in [4.78, 5) is 94.8. The maximum absolute atomic E-state index is 13.2. The van der Waals surface area contributed by atoms with Crippen molar-refractivity contribution in [3.05, 3.63) is 179 Å². The van der Waals surface area contributed by atoms with Gasteiger partial charge in [-0.1, -0.05) is 18.2 Å². The van der Waals surface area contributed by atoms with E-state index in [2.05, 4.69) is 31.0 Å². The standard InChI is InChI=1S/C16H17FN2O2.C15H16FN3O2.C15H17FN2O3S.C15H20N2O3S.C14H16FN3O3S/c1-10(20)19-6-4-11(5-7-19)16(21)14-9-18-15-8-12(17)2-3-13(14)15;1-10(20)18-4-6-19(7-5-18)15(21)13-9-17-14-8-11(16)2-3-12(13)14;1-22(20,21)18-6-4-10(5-7-18)15(19)13-9-17-14-8-11(16)2-3-12(13)14;1-21(19,20)17-7-6-11(8-12(17)10-18)14-9-16-15-5-3-2-4-13(14)15;1-22(20,21)18-6-4-17(5-7-18)14(19)12-9-16-13-8-10(15)2-3-11(12)13/h2-3,8-9,11,18H,4-7H2,1H3;2-3,8-9,17H,4-7H2,1H3;2-3,8-10,17H,4-7H2,1H3;2-5,9,11-12,16,18H,6-8,10H2,1H3;2-3,8-9,16H,4-7H2,1H3. The third-order valence-corrected chi connectivity index (χ3v) is 24.5. The fourth-order valence-corrected chi connectivity index (χ4v) is 17.5. The van der Waals surface area contributed by atoms with Gasteiger partial charge in [0.2, 0.25) is 41.9 Å². The molecule has 15 rings (SSSR count). The highest BCUT2D eigenvalue weighted by Crippen LogP contribution is 2.37. The summed E-state index contributed by atoms with van der Waals surface area (Å²) >= 11 is 0. The van der Waals surface area contributed by atoms with E-state index in [9.17, 15) is 76.7 Å². The normalized spacial score (nSPS) is 18.3. The molecule has 2 atom stereocenters. The van der Waals surface area contributed by atoms with Gasteiger partial charge in [0.15, 0.2) is 11.6 Å². The first kappa shape index (κ1) is 78.5. The van der Waals surface area contributed by atoms with E-state index in [1.165, 1.54) is 98.1 Å². The summed E-state index contributed by atoms with van der Waals surface area (Å²) < 4.78 is 126. The van der Waals surface area contributed by atoms with Gasteiger partial charge in [-0.3, -0.25) is 28.8 Å². The van der Waals surface area contributed by atoms with E-state index in [0.29, 0.717) is 172 Å². The van der Waals surface area contributed by atoms with Gasteiger partial charge in [-0.05, 0) is 129 Å². The third-order valence-electron chi connectivity index (χ3n) is 20.5. The van der Waals surface area contributed by atoms with Crippen LogP contribution in [0.5, 0.6) is 0 Å². The number of para-hydroxylation sites is 1. The Hall–Kier alpha value is -9.57. The molecule has 25 nitrogen and oxygen atoms in total. The molecule has 570 valence electrons. The number of nitrogens with zero attached hydrogens (tertiary/aromatic N) is 7. The minimum atomic E-state index is -3.26. The van der Waals surface area contributed by atoms with Crippen LogP contribution in [0.3, 0.4) is 0 Å². The molecule has 107 heavy (non-hydrogen) atoms. The summed E-state index contributed by atoms with van der Waals surface area (Å²) in [5, 5.41) is 13.6. The van der Waals surface area contributed by atoms with Crippen LogP contribution in [0.1, 0.15) is 105 Å². The molecule has 10 aromatic rings. The van der Waals surface area contributed by atoms with Crippen LogP contribution in [0.2, 0.25) is 0 Å². The van der Waals surface area contributed by atoms with E-state index in [-0.39, 0.29) is 88.9 Å². The molecular formula is C75H86F4N12O13S3. The van der Waals surface area contributed by atoms with E-state index in [1.54, 1.807) is 75.6 Å². The Labute approximate surface area is 616 Å². The van der Waals surface area contributed by atoms with Gasteiger partial charge in [0, 0.05) is 213 Å². The highest BCUT2D eigenvalue weighted by Gasteiger charge is 2.36. The molecule has 5 aromatic heterocycles. The van der Waals surface area contributed by atoms with Crippen molar-refractivity contribution in [1.82, 2.24) is 57.4 Å². The van der Waals surface area contributed by atoms with Crippen LogP contribution in [-0.2, 0) is 39.7 Å². The van der Waals surface area contributed by atoms with Crippen molar-refractivity contribution in [3.8, 4) is 0 Å². The number of halogens is 4. The fourth-order valence-electron chi connectivity index (χ4n) is 14.6. The number of H-pyrrole nitrogens is 5. The molecule has 4 amide bonds. The quantitative estimate of drug-likeness (QED) is 0.0520. The smallest absolute Gasteiger partial charge is 0.256 e. The first-order chi connectivity index (χ1) is 50.8. The monoisotopic (exact) mass is 1530 g/mol. The van der Waals surface area contributed by atoms with Gasteiger partial charge in [0.1, 0.15) is 23.3 Å². The Balaban J connectivity index is 0.000000133. The lowest BCUT2D eigenvalue weighted by molar-refractivity contribution is -0.130. The minimum absolute atomic E-state index is 0.00832. The number of piperazine rings is 2. The number of fused-ring (bicyclic) bond motifs is 5. The van der Waals surface area contributed by atoms with Crippen LogP contribution >= 0.6 is 0 Å². The van der Waals surface area contributed by atoms with Gasteiger partial charge in [0.25, 0.3) is 11.8 Å².